The Balaban J connectivity index is 2.43. The Bertz CT molecular complexity index is 536. The summed E-state index contributed by atoms with van der Waals surface area (Å²) in [4.78, 5) is 13.7. The van der Waals surface area contributed by atoms with Crippen LogP contribution < -0.4 is 5.73 Å². The minimum Gasteiger partial charge on any atom is -0.480 e. The maximum Gasteiger partial charge on any atom is 0.320 e. The Hall–Kier alpha value is -1.52. The van der Waals surface area contributed by atoms with Crippen molar-refractivity contribution >= 4 is 28.5 Å². The van der Waals surface area contributed by atoms with Gasteiger partial charge in [0, 0.05) is 17.3 Å². The first kappa shape index (κ1) is 11.0. The number of para-hydroxylation sites is 1. The highest BCUT2D eigenvalue weighted by Crippen LogP contribution is 2.26. The van der Waals surface area contributed by atoms with Crippen LogP contribution in [0.25, 0.3) is 10.9 Å². The second-order valence-corrected chi connectivity index (χ2v) is 3.99. The Morgan fingerprint density at radius 3 is 2.88 bits per heavy atom. The number of carboxylic acid groups (broad SMARTS) is 1. The molecule has 16 heavy (non-hydrogen) atoms. The van der Waals surface area contributed by atoms with Gasteiger partial charge in [-0.05, 0) is 11.6 Å². The van der Waals surface area contributed by atoms with Gasteiger partial charge >= 0.3 is 5.97 Å². The van der Waals surface area contributed by atoms with Crippen LogP contribution in [0.1, 0.15) is 5.56 Å². The molecule has 84 valence electrons. The molecule has 4 nitrogen and oxygen atoms in total. The number of benzene rings is 1. The number of fused-ring (bicyclic) bond motifs is 1. The van der Waals surface area contributed by atoms with Gasteiger partial charge in [0.1, 0.15) is 11.2 Å². The van der Waals surface area contributed by atoms with E-state index in [1.165, 1.54) is 0 Å². The molecule has 0 bridgehead atoms. The number of carbonyl (C=O) groups is 1. The number of aromatic nitrogens is 1. The fourth-order valence-electron chi connectivity index (χ4n) is 1.67. The van der Waals surface area contributed by atoms with Crippen LogP contribution in [0.3, 0.4) is 0 Å². The van der Waals surface area contributed by atoms with Gasteiger partial charge < -0.3 is 15.8 Å². The summed E-state index contributed by atoms with van der Waals surface area (Å²) in [6.07, 6.45) is 0.220. The summed E-state index contributed by atoms with van der Waals surface area (Å²) in [5.41, 5.74) is 7.14. The average molecular weight is 239 g/mol. The molecule has 2 rings (SSSR count). The van der Waals surface area contributed by atoms with E-state index in [9.17, 15) is 4.79 Å². The van der Waals surface area contributed by atoms with E-state index >= 15 is 0 Å². The Kier molecular flexibility index (Phi) is 2.85. The maximum atomic E-state index is 10.7. The topological polar surface area (TPSA) is 79.1 Å². The molecule has 0 saturated heterocycles. The van der Waals surface area contributed by atoms with Gasteiger partial charge in [-0.2, -0.15) is 0 Å². The van der Waals surface area contributed by atoms with Crippen molar-refractivity contribution in [2.75, 3.05) is 0 Å². The van der Waals surface area contributed by atoms with Crippen LogP contribution in [0.4, 0.5) is 0 Å². The molecule has 0 saturated carbocycles. The van der Waals surface area contributed by atoms with E-state index in [0.29, 0.717) is 5.15 Å². The third-order valence-electron chi connectivity index (χ3n) is 2.50. The number of aromatic amines is 1. The molecule has 1 aromatic carbocycles. The van der Waals surface area contributed by atoms with Gasteiger partial charge in [0.15, 0.2) is 0 Å². The van der Waals surface area contributed by atoms with Crippen molar-refractivity contribution in [3.63, 3.8) is 0 Å². The van der Waals surface area contributed by atoms with E-state index in [1.807, 2.05) is 24.3 Å². The van der Waals surface area contributed by atoms with Gasteiger partial charge in [-0.1, -0.05) is 29.8 Å². The molecule has 1 heterocycles. The van der Waals surface area contributed by atoms with Crippen LogP contribution in [0.5, 0.6) is 0 Å². The van der Waals surface area contributed by atoms with Crippen molar-refractivity contribution < 1.29 is 9.90 Å². The number of halogens is 1. The molecule has 1 atom stereocenters. The summed E-state index contributed by atoms with van der Waals surface area (Å²) >= 11 is 6.01. The van der Waals surface area contributed by atoms with Crippen LogP contribution in [0.15, 0.2) is 24.3 Å². The lowest BCUT2D eigenvalue weighted by Gasteiger charge is -2.05. The quantitative estimate of drug-likeness (QED) is 0.763. The highest BCUT2D eigenvalue weighted by Gasteiger charge is 2.17. The number of rotatable bonds is 3. The summed E-state index contributed by atoms with van der Waals surface area (Å²) in [5.74, 6) is -1.03. The van der Waals surface area contributed by atoms with Gasteiger partial charge in [0.25, 0.3) is 0 Å². The van der Waals surface area contributed by atoms with Crippen molar-refractivity contribution in [1.29, 1.82) is 0 Å². The molecule has 0 aliphatic carbocycles. The largest absolute Gasteiger partial charge is 0.480 e. The molecule has 0 amide bonds. The lowest BCUT2D eigenvalue weighted by molar-refractivity contribution is -0.138. The van der Waals surface area contributed by atoms with E-state index in [4.69, 9.17) is 22.4 Å². The smallest absolute Gasteiger partial charge is 0.320 e. The molecule has 4 N–H and O–H groups in total. The second-order valence-electron chi connectivity index (χ2n) is 3.61. The van der Waals surface area contributed by atoms with Gasteiger partial charge in [-0.25, -0.2) is 0 Å². The highest BCUT2D eigenvalue weighted by atomic mass is 35.5. The summed E-state index contributed by atoms with van der Waals surface area (Å²) in [7, 11) is 0. The standard InChI is InChI=1S/C11H11ClN2O2/c12-10-7(5-8(13)11(15)16)6-3-1-2-4-9(6)14-10/h1-4,8,14H,5,13H2,(H,15,16). The summed E-state index contributed by atoms with van der Waals surface area (Å²) in [6.45, 7) is 0. The van der Waals surface area contributed by atoms with Gasteiger partial charge in [0.05, 0.1) is 0 Å². The zero-order valence-corrected chi connectivity index (χ0v) is 9.16. The number of H-pyrrole nitrogens is 1. The van der Waals surface area contributed by atoms with Crippen molar-refractivity contribution in [1.82, 2.24) is 4.98 Å². The van der Waals surface area contributed by atoms with Crippen molar-refractivity contribution in [2.24, 2.45) is 5.73 Å². The minimum absolute atomic E-state index is 0.220. The second kappa shape index (κ2) is 4.15. The van der Waals surface area contributed by atoms with E-state index in [-0.39, 0.29) is 6.42 Å². The Labute approximate surface area is 97.0 Å². The van der Waals surface area contributed by atoms with E-state index in [0.717, 1.165) is 16.5 Å². The molecule has 2 aromatic rings. The Morgan fingerprint density at radius 2 is 2.19 bits per heavy atom. The number of hydrogen-bond donors (Lipinski definition) is 3. The van der Waals surface area contributed by atoms with Crippen LogP contribution in [-0.2, 0) is 11.2 Å². The van der Waals surface area contributed by atoms with E-state index in [2.05, 4.69) is 4.98 Å². The monoisotopic (exact) mass is 238 g/mol. The van der Waals surface area contributed by atoms with Crippen LogP contribution in [0, 0.1) is 0 Å². The molecule has 0 aliphatic heterocycles. The van der Waals surface area contributed by atoms with Crippen LogP contribution >= 0.6 is 11.6 Å². The number of nitrogens with one attached hydrogen (secondary N) is 1. The number of aliphatic carboxylic acids is 1. The van der Waals surface area contributed by atoms with E-state index < -0.39 is 12.0 Å². The zero-order chi connectivity index (χ0) is 11.7. The van der Waals surface area contributed by atoms with Gasteiger partial charge in [-0.3, -0.25) is 4.79 Å². The molecule has 0 aliphatic rings. The molecule has 1 aromatic heterocycles. The fraction of sp³-hybridized carbons (Fsp3) is 0.182. The molecular formula is C11H11ClN2O2. The molecule has 0 fully saturated rings. The van der Waals surface area contributed by atoms with Crippen molar-refractivity contribution in [3.05, 3.63) is 35.0 Å². The summed E-state index contributed by atoms with van der Waals surface area (Å²) in [6, 6.07) is 6.61. The predicted molar refractivity (Wildman–Crippen MR) is 62.6 cm³/mol. The molecule has 0 radical (unpaired) electrons. The molecule has 5 heteroatoms. The predicted octanol–water partition coefficient (Wildman–Crippen LogP) is 1.78. The number of nitrogens with two attached hydrogens (primary N) is 1. The average Bonchev–Trinajstić information content (AvgIpc) is 2.55. The first-order valence-corrected chi connectivity index (χ1v) is 5.21. The van der Waals surface area contributed by atoms with Crippen LogP contribution in [0.2, 0.25) is 5.15 Å². The van der Waals surface area contributed by atoms with Gasteiger partial charge in [0.2, 0.25) is 0 Å². The third kappa shape index (κ3) is 1.89. The summed E-state index contributed by atoms with van der Waals surface area (Å²) in [5, 5.41) is 10.1. The molecule has 1 unspecified atom stereocenters. The third-order valence-corrected chi connectivity index (χ3v) is 2.83. The Morgan fingerprint density at radius 1 is 1.50 bits per heavy atom. The number of carboxylic acids is 1. The minimum atomic E-state index is -1.03. The van der Waals surface area contributed by atoms with Crippen molar-refractivity contribution in [3.8, 4) is 0 Å². The van der Waals surface area contributed by atoms with Gasteiger partial charge in [-0.15, -0.1) is 0 Å². The first-order chi connectivity index (χ1) is 7.59. The highest BCUT2D eigenvalue weighted by molar-refractivity contribution is 6.31. The van der Waals surface area contributed by atoms with Crippen molar-refractivity contribution in [2.45, 2.75) is 12.5 Å². The van der Waals surface area contributed by atoms with E-state index in [1.54, 1.807) is 0 Å². The fourth-order valence-corrected chi connectivity index (χ4v) is 1.95. The normalized spacial score (nSPS) is 12.9. The number of hydrogen-bond acceptors (Lipinski definition) is 2. The first-order valence-electron chi connectivity index (χ1n) is 4.83. The lowest BCUT2D eigenvalue weighted by Crippen LogP contribution is -2.32. The maximum absolute atomic E-state index is 10.7. The zero-order valence-electron chi connectivity index (χ0n) is 8.40. The lowest BCUT2D eigenvalue weighted by atomic mass is 10.1. The molecule has 0 spiro atoms. The summed E-state index contributed by atoms with van der Waals surface area (Å²) < 4.78 is 0. The SMILES string of the molecule is NC(Cc1c(Cl)[nH]c2ccccc12)C(=O)O. The van der Waals surface area contributed by atoms with Crippen LogP contribution in [-0.4, -0.2) is 22.1 Å². The molecular weight excluding hydrogens is 228 g/mol.